The van der Waals surface area contributed by atoms with Crippen molar-refractivity contribution in [1.29, 1.82) is 0 Å². The van der Waals surface area contributed by atoms with Crippen molar-refractivity contribution in [1.82, 2.24) is 9.78 Å². The Hall–Kier alpha value is -1.29. The Bertz CT molecular complexity index is 551. The second-order valence-corrected chi connectivity index (χ2v) is 6.80. The molecule has 2 N–H and O–H groups in total. The average Bonchev–Trinajstić information content (AvgIpc) is 3.07. The highest BCUT2D eigenvalue weighted by molar-refractivity contribution is 7.13. The number of nitrogens with two attached hydrogens (primary N) is 1. The van der Waals surface area contributed by atoms with Crippen LogP contribution in [0.3, 0.4) is 0 Å². The first-order valence-electron chi connectivity index (χ1n) is 7.61. The lowest BCUT2D eigenvalue weighted by Gasteiger charge is -2.21. The molecule has 1 saturated carbocycles. The number of thiophene rings is 1. The number of anilines is 1. The maximum Gasteiger partial charge on any atom is 0.130 e. The lowest BCUT2D eigenvalue weighted by atomic mass is 9.85. The summed E-state index contributed by atoms with van der Waals surface area (Å²) in [6.07, 6.45) is 9.36. The molecule has 108 valence electrons. The molecule has 1 aliphatic rings. The number of rotatable bonds is 4. The maximum absolute atomic E-state index is 6.21. The Labute approximate surface area is 124 Å². The molecule has 2 heterocycles. The van der Waals surface area contributed by atoms with Crippen molar-refractivity contribution in [2.24, 2.45) is 13.0 Å². The second kappa shape index (κ2) is 6.00. The van der Waals surface area contributed by atoms with Gasteiger partial charge in [0.1, 0.15) is 5.82 Å². The minimum atomic E-state index is 0.797. The smallest absolute Gasteiger partial charge is 0.130 e. The summed E-state index contributed by atoms with van der Waals surface area (Å²) in [7, 11) is 1.94. The molecule has 20 heavy (non-hydrogen) atoms. The van der Waals surface area contributed by atoms with Crippen LogP contribution in [0.25, 0.3) is 10.4 Å². The van der Waals surface area contributed by atoms with Crippen LogP contribution in [0, 0.1) is 5.92 Å². The van der Waals surface area contributed by atoms with Gasteiger partial charge in [0.05, 0.1) is 11.3 Å². The third-order valence-electron chi connectivity index (χ3n) is 4.45. The molecule has 0 atom stereocenters. The Balaban J connectivity index is 1.77. The van der Waals surface area contributed by atoms with Crippen LogP contribution in [-0.4, -0.2) is 9.78 Å². The summed E-state index contributed by atoms with van der Waals surface area (Å²) < 4.78 is 1.82. The predicted molar refractivity (Wildman–Crippen MR) is 85.8 cm³/mol. The van der Waals surface area contributed by atoms with Gasteiger partial charge < -0.3 is 5.73 Å². The van der Waals surface area contributed by atoms with E-state index in [4.69, 9.17) is 5.73 Å². The van der Waals surface area contributed by atoms with Crippen LogP contribution in [-0.2, 0) is 13.5 Å². The van der Waals surface area contributed by atoms with Crippen LogP contribution in [0.2, 0.25) is 0 Å². The van der Waals surface area contributed by atoms with Crippen molar-refractivity contribution in [2.75, 3.05) is 5.73 Å². The van der Waals surface area contributed by atoms with Crippen molar-refractivity contribution in [3.8, 4) is 10.4 Å². The van der Waals surface area contributed by atoms with E-state index >= 15 is 0 Å². The highest BCUT2D eigenvalue weighted by atomic mass is 32.1. The Kier molecular flexibility index (Phi) is 4.10. The fourth-order valence-corrected chi connectivity index (χ4v) is 4.08. The van der Waals surface area contributed by atoms with Gasteiger partial charge >= 0.3 is 0 Å². The van der Waals surface area contributed by atoms with Gasteiger partial charge in [0.2, 0.25) is 0 Å². The zero-order valence-corrected chi connectivity index (χ0v) is 13.0. The van der Waals surface area contributed by atoms with Crippen molar-refractivity contribution >= 4 is 17.2 Å². The summed E-state index contributed by atoms with van der Waals surface area (Å²) in [6, 6.07) is 4.22. The topological polar surface area (TPSA) is 43.8 Å². The van der Waals surface area contributed by atoms with Gasteiger partial charge in [-0.15, -0.1) is 11.3 Å². The van der Waals surface area contributed by atoms with E-state index in [0.717, 1.165) is 18.2 Å². The molecule has 0 unspecified atom stereocenters. The van der Waals surface area contributed by atoms with E-state index < -0.39 is 0 Å². The van der Waals surface area contributed by atoms with Gasteiger partial charge in [0.15, 0.2) is 0 Å². The van der Waals surface area contributed by atoms with Gasteiger partial charge in [0, 0.05) is 11.9 Å². The van der Waals surface area contributed by atoms with Crippen molar-refractivity contribution in [3.05, 3.63) is 23.2 Å². The minimum absolute atomic E-state index is 0.797. The van der Waals surface area contributed by atoms with E-state index in [2.05, 4.69) is 22.6 Å². The first-order chi connectivity index (χ1) is 9.75. The van der Waals surface area contributed by atoms with E-state index in [0.29, 0.717) is 0 Å². The predicted octanol–water partition coefficient (Wildman–Crippen LogP) is 4.24. The van der Waals surface area contributed by atoms with E-state index in [1.54, 1.807) is 11.3 Å². The maximum atomic E-state index is 6.21. The number of nitrogens with zero attached hydrogens (tertiary/aromatic N) is 2. The molecule has 0 aliphatic heterocycles. The summed E-state index contributed by atoms with van der Waals surface area (Å²) in [6.45, 7) is 0. The number of hydrogen-bond donors (Lipinski definition) is 1. The summed E-state index contributed by atoms with van der Waals surface area (Å²) >= 11 is 1.75. The molecule has 0 radical (unpaired) electrons. The highest BCUT2D eigenvalue weighted by Crippen LogP contribution is 2.35. The van der Waals surface area contributed by atoms with Crippen molar-refractivity contribution < 1.29 is 0 Å². The molecule has 3 rings (SSSR count). The fourth-order valence-electron chi connectivity index (χ4n) is 3.28. The van der Waals surface area contributed by atoms with Crippen molar-refractivity contribution in [2.45, 2.75) is 44.9 Å². The molecule has 3 nitrogen and oxygen atoms in total. The third-order valence-corrected chi connectivity index (χ3v) is 5.33. The van der Waals surface area contributed by atoms with Crippen LogP contribution in [0.1, 0.15) is 44.2 Å². The zero-order chi connectivity index (χ0) is 13.9. The molecule has 0 bridgehead atoms. The number of aryl methyl sites for hydroxylation is 2. The average molecular weight is 289 g/mol. The number of hydrogen-bond acceptors (Lipinski definition) is 3. The van der Waals surface area contributed by atoms with Gasteiger partial charge in [-0.1, -0.05) is 38.2 Å². The van der Waals surface area contributed by atoms with Crippen LogP contribution in [0.4, 0.5) is 5.82 Å². The zero-order valence-electron chi connectivity index (χ0n) is 12.1. The Morgan fingerprint density at radius 2 is 2.15 bits per heavy atom. The molecular formula is C16H23N3S. The third kappa shape index (κ3) is 2.75. The van der Waals surface area contributed by atoms with Gasteiger partial charge in [-0.2, -0.15) is 5.10 Å². The van der Waals surface area contributed by atoms with E-state index in [1.807, 2.05) is 11.7 Å². The van der Waals surface area contributed by atoms with Gasteiger partial charge in [-0.25, -0.2) is 0 Å². The quantitative estimate of drug-likeness (QED) is 0.914. The lowest BCUT2D eigenvalue weighted by Crippen LogP contribution is -2.07. The summed E-state index contributed by atoms with van der Waals surface area (Å²) in [5.41, 5.74) is 8.55. The van der Waals surface area contributed by atoms with Gasteiger partial charge in [-0.05, 0) is 30.2 Å². The molecule has 0 saturated heterocycles. The van der Waals surface area contributed by atoms with Crippen LogP contribution < -0.4 is 5.73 Å². The van der Waals surface area contributed by atoms with Gasteiger partial charge in [0.25, 0.3) is 0 Å². The molecule has 2 aromatic rings. The highest BCUT2D eigenvalue weighted by Gasteiger charge is 2.19. The largest absolute Gasteiger partial charge is 0.383 e. The molecular weight excluding hydrogens is 266 g/mol. The van der Waals surface area contributed by atoms with E-state index in [-0.39, 0.29) is 0 Å². The van der Waals surface area contributed by atoms with Crippen molar-refractivity contribution in [3.63, 3.8) is 0 Å². The summed E-state index contributed by atoms with van der Waals surface area (Å²) in [4.78, 5) is 1.24. The summed E-state index contributed by atoms with van der Waals surface area (Å²) in [5.74, 6) is 1.69. The first-order valence-corrected chi connectivity index (χ1v) is 8.49. The molecule has 1 fully saturated rings. The molecule has 4 heteroatoms. The first kappa shape index (κ1) is 13.7. The minimum Gasteiger partial charge on any atom is -0.383 e. The van der Waals surface area contributed by atoms with E-state index in [1.165, 1.54) is 54.7 Å². The van der Waals surface area contributed by atoms with Crippen LogP contribution in [0.5, 0.6) is 0 Å². The Morgan fingerprint density at radius 3 is 2.85 bits per heavy atom. The molecule has 1 aliphatic carbocycles. The number of nitrogen functional groups attached to an aromatic ring is 1. The monoisotopic (exact) mass is 289 g/mol. The molecule has 2 aromatic heterocycles. The fraction of sp³-hybridized carbons (Fsp3) is 0.562. The van der Waals surface area contributed by atoms with E-state index in [9.17, 15) is 0 Å². The van der Waals surface area contributed by atoms with Crippen LogP contribution in [0.15, 0.2) is 17.5 Å². The summed E-state index contributed by atoms with van der Waals surface area (Å²) in [5, 5.41) is 6.75. The van der Waals surface area contributed by atoms with Gasteiger partial charge in [-0.3, -0.25) is 4.68 Å². The molecule has 0 aromatic carbocycles. The standard InChI is InChI=1S/C16H23N3S/c1-19-16(17)15(14-8-5-11-20-14)13(18-19)10-9-12-6-3-2-4-7-12/h5,8,11-12H,2-4,6-7,9-10,17H2,1H3. The molecule has 0 spiro atoms. The van der Waals surface area contributed by atoms with Crippen LogP contribution >= 0.6 is 11.3 Å². The normalized spacial score (nSPS) is 16.6. The Morgan fingerprint density at radius 1 is 1.35 bits per heavy atom. The number of aromatic nitrogens is 2. The SMILES string of the molecule is Cn1nc(CCC2CCCCC2)c(-c2cccs2)c1N. The second-order valence-electron chi connectivity index (χ2n) is 5.85. The molecule has 0 amide bonds. The lowest BCUT2D eigenvalue weighted by molar-refractivity contribution is 0.338.